The number of hydrogen-bond acceptors (Lipinski definition) is 2. The van der Waals surface area contributed by atoms with Crippen LogP contribution in [0, 0.1) is 0 Å². The number of rotatable bonds is 11. The van der Waals surface area contributed by atoms with Crippen molar-refractivity contribution in [1.82, 2.24) is 4.57 Å². The summed E-state index contributed by atoms with van der Waals surface area (Å²) < 4.78 is 2.43. The summed E-state index contributed by atoms with van der Waals surface area (Å²) in [7, 11) is 0. The normalized spacial score (nSPS) is 11.4. The summed E-state index contributed by atoms with van der Waals surface area (Å²) in [6, 6.07) is 113. The summed E-state index contributed by atoms with van der Waals surface area (Å²) in [4.78, 5) is 4.85. The minimum Gasteiger partial charge on any atom is -0.310 e. The zero-order valence-electron chi connectivity index (χ0n) is 42.3. The first-order valence-corrected chi connectivity index (χ1v) is 26.4. The van der Waals surface area contributed by atoms with Crippen LogP contribution in [0.3, 0.4) is 0 Å². The van der Waals surface area contributed by atoms with Gasteiger partial charge >= 0.3 is 0 Å². The summed E-state index contributed by atoms with van der Waals surface area (Å²) in [5.41, 5.74) is 19.1. The van der Waals surface area contributed by atoms with Gasteiger partial charge in [-0.15, -0.1) is 0 Å². The van der Waals surface area contributed by atoms with Gasteiger partial charge in [-0.1, -0.05) is 218 Å². The lowest BCUT2D eigenvalue weighted by atomic mass is 9.99. The molecule has 0 spiro atoms. The van der Waals surface area contributed by atoms with Crippen molar-refractivity contribution < 1.29 is 0 Å². The first-order valence-electron chi connectivity index (χ1n) is 26.4. The molecule has 1 heterocycles. The third-order valence-corrected chi connectivity index (χ3v) is 15.1. The average Bonchev–Trinajstić information content (AvgIpc) is 3.92. The van der Waals surface area contributed by atoms with Crippen LogP contribution in [0.2, 0.25) is 0 Å². The van der Waals surface area contributed by atoms with Gasteiger partial charge in [-0.05, 0) is 157 Å². The second-order valence-corrected chi connectivity index (χ2v) is 19.8. The van der Waals surface area contributed by atoms with E-state index in [4.69, 9.17) is 0 Å². The number of benzene rings is 13. The molecule has 0 bridgehead atoms. The van der Waals surface area contributed by atoms with Gasteiger partial charge in [0.2, 0.25) is 0 Å². The average molecular weight is 982 g/mol. The molecule has 0 saturated carbocycles. The van der Waals surface area contributed by atoms with Crippen molar-refractivity contribution in [3.05, 3.63) is 309 Å². The molecule has 1 aromatic heterocycles. The van der Waals surface area contributed by atoms with Gasteiger partial charge < -0.3 is 14.4 Å². The number of aromatic nitrogens is 1. The molecule has 0 aliphatic carbocycles. The Morgan fingerprint density at radius 2 is 0.571 bits per heavy atom. The Balaban J connectivity index is 1.01. The maximum atomic E-state index is 2.43. The molecule has 77 heavy (non-hydrogen) atoms. The fourth-order valence-electron chi connectivity index (χ4n) is 11.3. The maximum absolute atomic E-state index is 2.43. The molecule has 0 aliphatic heterocycles. The van der Waals surface area contributed by atoms with Crippen molar-refractivity contribution in [1.29, 1.82) is 0 Å². The molecule has 0 N–H and O–H groups in total. The van der Waals surface area contributed by atoms with Gasteiger partial charge in [0, 0.05) is 50.6 Å². The Bertz CT molecular complexity index is 4230. The second-order valence-electron chi connectivity index (χ2n) is 19.8. The highest BCUT2D eigenvalue weighted by Crippen LogP contribution is 2.46. The zero-order valence-corrected chi connectivity index (χ0v) is 42.3. The van der Waals surface area contributed by atoms with Crippen LogP contribution in [-0.4, -0.2) is 4.57 Å². The van der Waals surface area contributed by atoms with Crippen LogP contribution in [0.25, 0.3) is 93.5 Å². The third kappa shape index (κ3) is 8.66. The lowest BCUT2D eigenvalue weighted by Crippen LogP contribution is -2.14. The number of fused-ring (bicyclic) bond motifs is 5. The van der Waals surface area contributed by atoms with Gasteiger partial charge in [0.15, 0.2) is 0 Å². The smallest absolute Gasteiger partial charge is 0.0547 e. The van der Waals surface area contributed by atoms with Crippen LogP contribution in [0.4, 0.5) is 34.1 Å². The maximum Gasteiger partial charge on any atom is 0.0547 e. The quantitative estimate of drug-likeness (QED) is 0.128. The molecule has 13 aromatic carbocycles. The van der Waals surface area contributed by atoms with E-state index in [1.807, 2.05) is 0 Å². The van der Waals surface area contributed by atoms with E-state index < -0.39 is 0 Å². The molecule has 0 amide bonds. The summed E-state index contributed by atoms with van der Waals surface area (Å²) in [5, 5.41) is 7.19. The van der Waals surface area contributed by atoms with E-state index in [2.05, 4.69) is 324 Å². The monoisotopic (exact) mass is 981 g/mol. The van der Waals surface area contributed by atoms with Gasteiger partial charge in [-0.25, -0.2) is 0 Å². The summed E-state index contributed by atoms with van der Waals surface area (Å²) in [5.74, 6) is 0. The summed E-state index contributed by atoms with van der Waals surface area (Å²) >= 11 is 0. The Kier molecular flexibility index (Phi) is 11.5. The molecule has 362 valence electrons. The third-order valence-electron chi connectivity index (χ3n) is 15.1. The molecule has 0 aliphatic rings. The van der Waals surface area contributed by atoms with Crippen molar-refractivity contribution in [3.63, 3.8) is 0 Å². The Labute approximate surface area is 449 Å². The first kappa shape index (κ1) is 45.4. The van der Waals surface area contributed by atoms with E-state index in [0.29, 0.717) is 0 Å². The predicted octanol–water partition coefficient (Wildman–Crippen LogP) is 20.7. The molecule has 0 radical (unpaired) electrons. The van der Waals surface area contributed by atoms with E-state index in [-0.39, 0.29) is 0 Å². The minimum absolute atomic E-state index is 1.03. The van der Waals surface area contributed by atoms with E-state index >= 15 is 0 Å². The molecule has 0 atom stereocenters. The SMILES string of the molecule is c1ccc(-c2ccc(N(c3cc(-c4ccc5c6ccccc6n(-c6ccc(-c7ccccc7)cc6)c5c4)cc(N(c4ccc(-c5ccccc5)cc4)c4ccc5ccccc5c4)c3)c3ccc4ccccc4c3)cc2)cc1. The molecule has 14 aromatic rings. The van der Waals surface area contributed by atoms with Gasteiger partial charge in [0.1, 0.15) is 0 Å². The lowest BCUT2D eigenvalue weighted by Gasteiger charge is -2.31. The van der Waals surface area contributed by atoms with E-state index in [9.17, 15) is 0 Å². The fourth-order valence-corrected chi connectivity index (χ4v) is 11.3. The van der Waals surface area contributed by atoms with Crippen LogP contribution in [-0.2, 0) is 0 Å². The molecule has 14 rings (SSSR count). The van der Waals surface area contributed by atoms with Crippen LogP contribution >= 0.6 is 0 Å². The molecular formula is C74H51N3. The van der Waals surface area contributed by atoms with Gasteiger partial charge in [0.25, 0.3) is 0 Å². The zero-order chi connectivity index (χ0) is 51.1. The highest BCUT2D eigenvalue weighted by atomic mass is 15.2. The highest BCUT2D eigenvalue weighted by molar-refractivity contribution is 6.10. The number of nitrogens with zero attached hydrogens (tertiary/aromatic N) is 3. The lowest BCUT2D eigenvalue weighted by molar-refractivity contribution is 1.18. The van der Waals surface area contributed by atoms with Crippen molar-refractivity contribution in [2.24, 2.45) is 0 Å². The van der Waals surface area contributed by atoms with E-state index in [1.54, 1.807) is 0 Å². The van der Waals surface area contributed by atoms with Crippen LogP contribution in [0.1, 0.15) is 0 Å². The molecule has 3 heteroatoms. The topological polar surface area (TPSA) is 11.4 Å². The largest absolute Gasteiger partial charge is 0.310 e. The van der Waals surface area contributed by atoms with E-state index in [0.717, 1.165) is 56.5 Å². The minimum atomic E-state index is 1.03. The molecule has 0 unspecified atom stereocenters. The molecule has 3 nitrogen and oxygen atoms in total. The van der Waals surface area contributed by atoms with Gasteiger partial charge in [-0.3, -0.25) is 0 Å². The van der Waals surface area contributed by atoms with Crippen molar-refractivity contribution in [2.75, 3.05) is 9.80 Å². The van der Waals surface area contributed by atoms with Crippen molar-refractivity contribution >= 4 is 77.5 Å². The molecule has 0 fully saturated rings. The highest BCUT2D eigenvalue weighted by Gasteiger charge is 2.22. The number of para-hydroxylation sites is 1. The first-order chi connectivity index (χ1) is 38.1. The van der Waals surface area contributed by atoms with Crippen LogP contribution < -0.4 is 9.80 Å². The van der Waals surface area contributed by atoms with Crippen molar-refractivity contribution in [2.45, 2.75) is 0 Å². The second kappa shape index (κ2) is 19.6. The Morgan fingerprint density at radius 3 is 1.06 bits per heavy atom. The Hall–Kier alpha value is -10.2. The summed E-state index contributed by atoms with van der Waals surface area (Å²) in [6.45, 7) is 0. The number of hydrogen-bond donors (Lipinski definition) is 0. The van der Waals surface area contributed by atoms with Gasteiger partial charge in [0.05, 0.1) is 11.0 Å². The predicted molar refractivity (Wildman–Crippen MR) is 327 cm³/mol. The van der Waals surface area contributed by atoms with Crippen molar-refractivity contribution in [3.8, 4) is 50.2 Å². The standard InChI is InChI=1S/C74H51N3/c1-4-16-52(17-5-1)57-28-37-64(38-29-57)75(67-43-34-55-22-10-12-24-60(55)46-67)69-48-63(62-36-45-72-71-26-14-15-27-73(71)77(74(72)50-62)66-41-32-59(33-42-66)54-20-8-3-9-21-54)49-70(51-69)76(68-44-35-56-23-11-13-25-61(56)47-68)65-39-30-58(31-40-65)53-18-6-2-7-19-53/h1-51H. The number of anilines is 6. The van der Waals surface area contributed by atoms with Gasteiger partial charge in [-0.2, -0.15) is 0 Å². The molecular weight excluding hydrogens is 931 g/mol. The fraction of sp³-hybridized carbons (Fsp3) is 0. The van der Waals surface area contributed by atoms with Crippen LogP contribution in [0.5, 0.6) is 0 Å². The summed E-state index contributed by atoms with van der Waals surface area (Å²) in [6.07, 6.45) is 0. The Morgan fingerprint density at radius 1 is 0.195 bits per heavy atom. The molecule has 0 saturated heterocycles. The van der Waals surface area contributed by atoms with Crippen LogP contribution in [0.15, 0.2) is 309 Å². The van der Waals surface area contributed by atoms with E-state index in [1.165, 1.54) is 71.2 Å².